The van der Waals surface area contributed by atoms with Crippen LogP contribution in [0.15, 0.2) is 41.0 Å². The molecular formula is C18H16BrClN4O. The van der Waals surface area contributed by atoms with Gasteiger partial charge in [-0.25, -0.2) is 4.98 Å². The van der Waals surface area contributed by atoms with E-state index in [0.29, 0.717) is 16.5 Å². The minimum absolute atomic E-state index is 0.307. The molecule has 0 spiro atoms. The van der Waals surface area contributed by atoms with Crippen molar-refractivity contribution in [2.24, 2.45) is 0 Å². The van der Waals surface area contributed by atoms with Crippen LogP contribution in [0.1, 0.15) is 23.3 Å². The Morgan fingerprint density at radius 2 is 2.04 bits per heavy atom. The van der Waals surface area contributed by atoms with Crippen LogP contribution in [0.5, 0.6) is 0 Å². The van der Waals surface area contributed by atoms with Gasteiger partial charge in [0.05, 0.1) is 16.9 Å². The lowest BCUT2D eigenvalue weighted by molar-refractivity contribution is 0.102. The number of benzene rings is 1. The number of nitrogens with zero attached hydrogens (tertiary/aromatic N) is 2. The van der Waals surface area contributed by atoms with Gasteiger partial charge < -0.3 is 15.2 Å². The average molecular weight is 420 g/mol. The van der Waals surface area contributed by atoms with Gasteiger partial charge in [-0.1, -0.05) is 27.5 Å². The molecule has 2 N–H and O–H groups in total. The first kappa shape index (κ1) is 16.4. The number of carbonyl (C=O) groups is 1. The molecule has 3 aromatic rings. The van der Waals surface area contributed by atoms with E-state index in [1.165, 1.54) is 12.8 Å². The van der Waals surface area contributed by atoms with Gasteiger partial charge in [0.15, 0.2) is 0 Å². The summed E-state index contributed by atoms with van der Waals surface area (Å²) in [7, 11) is 0. The summed E-state index contributed by atoms with van der Waals surface area (Å²) in [5, 5.41) is 4.01. The molecule has 0 saturated carbocycles. The highest BCUT2D eigenvalue weighted by Crippen LogP contribution is 2.30. The number of fused-ring (bicyclic) bond motifs is 1. The number of anilines is 2. The number of amides is 1. The minimum Gasteiger partial charge on any atom is -0.370 e. The van der Waals surface area contributed by atoms with Crippen molar-refractivity contribution < 1.29 is 4.79 Å². The number of halogens is 2. The van der Waals surface area contributed by atoms with Crippen molar-refractivity contribution in [3.05, 3.63) is 51.7 Å². The molecule has 25 heavy (non-hydrogen) atoms. The second-order valence-corrected chi connectivity index (χ2v) is 7.35. The summed E-state index contributed by atoms with van der Waals surface area (Å²) in [6.07, 6.45) is 4.23. The number of aromatic amines is 1. The third kappa shape index (κ3) is 3.24. The molecule has 3 heterocycles. The lowest BCUT2D eigenvalue weighted by Crippen LogP contribution is -2.18. The van der Waals surface area contributed by atoms with Gasteiger partial charge in [0, 0.05) is 28.5 Å². The van der Waals surface area contributed by atoms with Gasteiger partial charge in [-0.15, -0.1) is 0 Å². The molecule has 1 amide bonds. The number of aromatic nitrogens is 2. The molecular weight excluding hydrogens is 404 g/mol. The maximum Gasteiger partial charge on any atom is 0.274 e. The van der Waals surface area contributed by atoms with E-state index >= 15 is 0 Å². The summed E-state index contributed by atoms with van der Waals surface area (Å²) in [6.45, 7) is 2.13. The van der Waals surface area contributed by atoms with Gasteiger partial charge in [-0.05, 0) is 43.2 Å². The summed E-state index contributed by atoms with van der Waals surface area (Å²) in [6, 6.07) is 9.46. The first-order valence-electron chi connectivity index (χ1n) is 8.11. The Morgan fingerprint density at radius 3 is 2.76 bits per heavy atom. The van der Waals surface area contributed by atoms with Crippen molar-refractivity contribution in [3.63, 3.8) is 0 Å². The molecule has 5 nitrogen and oxygen atoms in total. The molecule has 1 saturated heterocycles. The van der Waals surface area contributed by atoms with E-state index in [2.05, 4.69) is 36.1 Å². The number of pyridine rings is 1. The lowest BCUT2D eigenvalue weighted by atomic mass is 10.2. The Morgan fingerprint density at radius 1 is 1.24 bits per heavy atom. The number of H-pyrrole nitrogens is 1. The third-order valence-corrected chi connectivity index (χ3v) is 5.27. The smallest absolute Gasteiger partial charge is 0.274 e. The summed E-state index contributed by atoms with van der Waals surface area (Å²) in [4.78, 5) is 22.3. The number of hydrogen-bond donors (Lipinski definition) is 2. The van der Waals surface area contributed by atoms with Crippen molar-refractivity contribution in [1.82, 2.24) is 9.97 Å². The molecule has 2 aromatic heterocycles. The lowest BCUT2D eigenvalue weighted by Gasteiger charge is -2.17. The Hall–Kier alpha value is -2.05. The fourth-order valence-corrected chi connectivity index (χ4v) is 3.74. The molecule has 0 atom stereocenters. The van der Waals surface area contributed by atoms with Gasteiger partial charge in [0.25, 0.3) is 5.91 Å². The van der Waals surface area contributed by atoms with Crippen LogP contribution in [0, 0.1) is 0 Å². The van der Waals surface area contributed by atoms with Crippen LogP contribution in [-0.2, 0) is 0 Å². The van der Waals surface area contributed by atoms with Crippen LogP contribution < -0.4 is 10.2 Å². The number of nitrogens with one attached hydrogen (secondary N) is 2. The Labute approximate surface area is 158 Å². The van der Waals surface area contributed by atoms with E-state index in [1.54, 1.807) is 6.20 Å². The van der Waals surface area contributed by atoms with E-state index in [4.69, 9.17) is 11.6 Å². The third-order valence-electron chi connectivity index (χ3n) is 4.38. The molecule has 1 aliphatic heterocycles. The maximum atomic E-state index is 12.5. The number of rotatable bonds is 3. The van der Waals surface area contributed by atoms with E-state index in [1.807, 2.05) is 30.3 Å². The van der Waals surface area contributed by atoms with E-state index in [-0.39, 0.29) is 5.91 Å². The van der Waals surface area contributed by atoms with Crippen molar-refractivity contribution in [1.29, 1.82) is 0 Å². The van der Waals surface area contributed by atoms with Gasteiger partial charge in [-0.3, -0.25) is 4.79 Å². The van der Waals surface area contributed by atoms with Crippen LogP contribution in [0.4, 0.5) is 11.5 Å². The summed E-state index contributed by atoms with van der Waals surface area (Å²) >= 11 is 9.78. The second-order valence-electron chi connectivity index (χ2n) is 6.05. The molecule has 128 valence electrons. The largest absolute Gasteiger partial charge is 0.370 e. The quantitative estimate of drug-likeness (QED) is 0.639. The Kier molecular flexibility index (Phi) is 4.39. The first-order valence-corrected chi connectivity index (χ1v) is 9.28. The van der Waals surface area contributed by atoms with E-state index in [0.717, 1.165) is 34.2 Å². The monoisotopic (exact) mass is 418 g/mol. The number of carbonyl (C=O) groups excluding carboxylic acids is 1. The Bertz CT molecular complexity index is 932. The molecule has 0 unspecified atom stereocenters. The Balaban J connectivity index is 1.54. The summed E-state index contributed by atoms with van der Waals surface area (Å²) in [5.41, 5.74) is 2.24. The van der Waals surface area contributed by atoms with E-state index in [9.17, 15) is 4.79 Å². The molecule has 4 rings (SSSR count). The predicted molar refractivity (Wildman–Crippen MR) is 105 cm³/mol. The van der Waals surface area contributed by atoms with Crippen LogP contribution in [0.3, 0.4) is 0 Å². The van der Waals surface area contributed by atoms with Gasteiger partial charge >= 0.3 is 0 Å². The zero-order valence-corrected chi connectivity index (χ0v) is 15.7. The highest BCUT2D eigenvalue weighted by atomic mass is 79.9. The van der Waals surface area contributed by atoms with Crippen molar-refractivity contribution in [2.75, 3.05) is 23.3 Å². The molecule has 1 fully saturated rings. The van der Waals surface area contributed by atoms with Gasteiger partial charge in [0.1, 0.15) is 11.5 Å². The zero-order chi connectivity index (χ0) is 17.4. The SMILES string of the molecule is O=C(Nc1ccc(N2CCCC2)cn1)c1[nH]c2ccc(Br)cc2c1Cl. The fraction of sp³-hybridized carbons (Fsp3) is 0.222. The number of hydrogen-bond acceptors (Lipinski definition) is 3. The minimum atomic E-state index is -0.307. The normalized spacial score (nSPS) is 14.2. The second kappa shape index (κ2) is 6.69. The highest BCUT2D eigenvalue weighted by Gasteiger charge is 2.18. The van der Waals surface area contributed by atoms with Crippen LogP contribution in [-0.4, -0.2) is 29.0 Å². The fourth-order valence-electron chi connectivity index (χ4n) is 3.09. The standard InChI is InChI=1S/C18H16BrClN4O/c19-11-3-5-14-13(9-11)16(20)17(22-14)18(25)23-15-6-4-12(10-21-15)24-7-1-2-8-24/h3-6,9-10,22H,1-2,7-8H2,(H,21,23,25). The molecule has 0 radical (unpaired) electrons. The molecule has 7 heteroatoms. The maximum absolute atomic E-state index is 12.5. The van der Waals surface area contributed by atoms with Gasteiger partial charge in [0.2, 0.25) is 0 Å². The summed E-state index contributed by atoms with van der Waals surface area (Å²) in [5.74, 6) is 0.197. The zero-order valence-electron chi connectivity index (χ0n) is 13.4. The average Bonchev–Trinajstić information content (AvgIpc) is 3.25. The van der Waals surface area contributed by atoms with Crippen molar-refractivity contribution in [2.45, 2.75) is 12.8 Å². The molecule has 0 bridgehead atoms. The summed E-state index contributed by atoms with van der Waals surface area (Å²) < 4.78 is 0.909. The molecule has 1 aliphatic rings. The van der Waals surface area contributed by atoms with Crippen LogP contribution in [0.25, 0.3) is 10.9 Å². The van der Waals surface area contributed by atoms with Crippen LogP contribution in [0.2, 0.25) is 5.02 Å². The first-order chi connectivity index (χ1) is 12.1. The molecule has 0 aliphatic carbocycles. The predicted octanol–water partition coefficient (Wildman–Crippen LogP) is 4.83. The molecule has 1 aromatic carbocycles. The van der Waals surface area contributed by atoms with Gasteiger partial charge in [-0.2, -0.15) is 0 Å². The van der Waals surface area contributed by atoms with Crippen LogP contribution >= 0.6 is 27.5 Å². The van der Waals surface area contributed by atoms with Crippen molar-refractivity contribution in [3.8, 4) is 0 Å². The highest BCUT2D eigenvalue weighted by molar-refractivity contribution is 9.10. The van der Waals surface area contributed by atoms with Crippen molar-refractivity contribution >= 4 is 55.8 Å². The topological polar surface area (TPSA) is 61.0 Å². The van der Waals surface area contributed by atoms with E-state index < -0.39 is 0 Å².